The van der Waals surface area contributed by atoms with Crippen LogP contribution in [0.4, 0.5) is 0 Å². The smallest absolute Gasteiger partial charge is 0.331 e. The van der Waals surface area contributed by atoms with Crippen molar-refractivity contribution in [3.05, 3.63) is 12.3 Å². The molecule has 0 aromatic heterocycles. The first-order valence-corrected chi connectivity index (χ1v) is 4.87. The van der Waals surface area contributed by atoms with E-state index in [0.717, 1.165) is 25.9 Å². The van der Waals surface area contributed by atoms with Gasteiger partial charge in [-0.05, 0) is 18.8 Å². The molecule has 0 aromatic carbocycles. The minimum atomic E-state index is -0.324. The van der Waals surface area contributed by atoms with Crippen LogP contribution in [-0.2, 0) is 9.53 Å². The summed E-state index contributed by atoms with van der Waals surface area (Å²) in [6.07, 6.45) is 5.14. The molecule has 1 aliphatic heterocycles. The summed E-state index contributed by atoms with van der Waals surface area (Å²) in [5, 5.41) is 8.76. The number of esters is 1. The van der Waals surface area contributed by atoms with Crippen LogP contribution >= 0.6 is 0 Å². The van der Waals surface area contributed by atoms with E-state index in [1.54, 1.807) is 6.20 Å². The van der Waals surface area contributed by atoms with Crippen LogP contribution in [0.25, 0.3) is 0 Å². The second kappa shape index (κ2) is 5.65. The molecule has 1 N–H and O–H groups in total. The van der Waals surface area contributed by atoms with Crippen molar-refractivity contribution in [1.29, 1.82) is 0 Å². The van der Waals surface area contributed by atoms with Crippen LogP contribution < -0.4 is 0 Å². The normalized spacial score (nSPS) is 21.9. The lowest BCUT2D eigenvalue weighted by molar-refractivity contribution is -0.134. The predicted octanol–water partition coefficient (Wildman–Crippen LogP) is 0.377. The minimum absolute atomic E-state index is 0.249. The molecule has 1 rings (SSSR count). The number of nitrogens with zero attached hydrogens (tertiary/aromatic N) is 1. The number of hydrogen-bond donors (Lipinski definition) is 1. The fourth-order valence-corrected chi connectivity index (χ4v) is 1.65. The van der Waals surface area contributed by atoms with Crippen molar-refractivity contribution in [1.82, 2.24) is 4.90 Å². The SMILES string of the molecule is COC(=O)/C=C/N1CCC(CCO)C1. The van der Waals surface area contributed by atoms with Crippen molar-refractivity contribution in [2.45, 2.75) is 12.8 Å². The highest BCUT2D eigenvalue weighted by Crippen LogP contribution is 2.18. The molecule has 1 fully saturated rings. The highest BCUT2D eigenvalue weighted by Gasteiger charge is 2.19. The Morgan fingerprint density at radius 3 is 3.14 bits per heavy atom. The van der Waals surface area contributed by atoms with Gasteiger partial charge in [0.2, 0.25) is 0 Å². The average Bonchev–Trinajstić information content (AvgIpc) is 2.63. The van der Waals surface area contributed by atoms with E-state index in [-0.39, 0.29) is 12.6 Å². The van der Waals surface area contributed by atoms with Crippen LogP contribution in [-0.4, -0.2) is 42.8 Å². The van der Waals surface area contributed by atoms with Gasteiger partial charge >= 0.3 is 5.97 Å². The molecule has 80 valence electrons. The first-order chi connectivity index (χ1) is 6.76. The standard InChI is InChI=1S/C10H17NO3/c1-14-10(13)3-6-11-5-2-9(8-11)4-7-12/h3,6,9,12H,2,4-5,7-8H2,1H3/b6-3+. The maximum atomic E-state index is 10.8. The van der Waals surface area contributed by atoms with Gasteiger partial charge in [-0.2, -0.15) is 0 Å². The van der Waals surface area contributed by atoms with Crippen LogP contribution in [0.2, 0.25) is 0 Å². The molecule has 0 radical (unpaired) electrons. The van der Waals surface area contributed by atoms with E-state index in [0.29, 0.717) is 5.92 Å². The Kier molecular flexibility index (Phi) is 4.46. The third-order valence-corrected chi connectivity index (χ3v) is 2.48. The third-order valence-electron chi connectivity index (χ3n) is 2.48. The summed E-state index contributed by atoms with van der Waals surface area (Å²) in [6.45, 7) is 2.13. The number of likely N-dealkylation sites (tertiary alicyclic amines) is 1. The zero-order valence-electron chi connectivity index (χ0n) is 8.48. The van der Waals surface area contributed by atoms with Crippen molar-refractivity contribution in [2.75, 3.05) is 26.8 Å². The van der Waals surface area contributed by atoms with E-state index in [1.165, 1.54) is 13.2 Å². The van der Waals surface area contributed by atoms with Gasteiger partial charge < -0.3 is 14.7 Å². The summed E-state index contributed by atoms with van der Waals surface area (Å²) in [7, 11) is 1.37. The highest BCUT2D eigenvalue weighted by molar-refractivity contribution is 5.81. The van der Waals surface area contributed by atoms with Gasteiger partial charge in [0, 0.05) is 32.0 Å². The lowest BCUT2D eigenvalue weighted by Crippen LogP contribution is -2.14. The average molecular weight is 199 g/mol. The molecule has 4 heteroatoms. The molecule has 14 heavy (non-hydrogen) atoms. The molecule has 0 aromatic rings. The van der Waals surface area contributed by atoms with Crippen LogP contribution in [0.15, 0.2) is 12.3 Å². The Morgan fingerprint density at radius 1 is 1.71 bits per heavy atom. The Bertz CT molecular complexity index is 215. The van der Waals surface area contributed by atoms with Crippen LogP contribution in [0.3, 0.4) is 0 Å². The number of ether oxygens (including phenoxy) is 1. The summed E-state index contributed by atoms with van der Waals surface area (Å²) in [6, 6.07) is 0. The monoisotopic (exact) mass is 199 g/mol. The number of methoxy groups -OCH3 is 1. The molecule has 0 saturated carbocycles. The molecule has 1 saturated heterocycles. The molecular formula is C10H17NO3. The molecule has 1 heterocycles. The van der Waals surface area contributed by atoms with Crippen molar-refractivity contribution >= 4 is 5.97 Å². The van der Waals surface area contributed by atoms with Crippen molar-refractivity contribution < 1.29 is 14.6 Å². The zero-order valence-corrected chi connectivity index (χ0v) is 8.48. The maximum Gasteiger partial charge on any atom is 0.331 e. The Hall–Kier alpha value is -1.03. The van der Waals surface area contributed by atoms with Crippen molar-refractivity contribution in [3.8, 4) is 0 Å². The molecule has 0 aliphatic carbocycles. The van der Waals surface area contributed by atoms with Crippen LogP contribution in [0.1, 0.15) is 12.8 Å². The third kappa shape index (κ3) is 3.38. The predicted molar refractivity (Wildman–Crippen MR) is 52.5 cm³/mol. The molecule has 4 nitrogen and oxygen atoms in total. The van der Waals surface area contributed by atoms with E-state index in [2.05, 4.69) is 9.64 Å². The molecule has 0 amide bonds. The summed E-state index contributed by atoms with van der Waals surface area (Å²) < 4.78 is 4.49. The van der Waals surface area contributed by atoms with E-state index in [9.17, 15) is 4.79 Å². The largest absolute Gasteiger partial charge is 0.466 e. The number of hydrogen-bond acceptors (Lipinski definition) is 4. The van der Waals surface area contributed by atoms with Gasteiger partial charge in [0.1, 0.15) is 0 Å². The fourth-order valence-electron chi connectivity index (χ4n) is 1.65. The number of aliphatic hydroxyl groups is 1. The Morgan fingerprint density at radius 2 is 2.50 bits per heavy atom. The number of aliphatic hydroxyl groups excluding tert-OH is 1. The zero-order chi connectivity index (χ0) is 10.4. The van der Waals surface area contributed by atoms with E-state index < -0.39 is 0 Å². The Balaban J connectivity index is 2.28. The first-order valence-electron chi connectivity index (χ1n) is 4.87. The second-order valence-electron chi connectivity index (χ2n) is 3.50. The van der Waals surface area contributed by atoms with E-state index >= 15 is 0 Å². The highest BCUT2D eigenvalue weighted by atomic mass is 16.5. The van der Waals surface area contributed by atoms with Gasteiger partial charge in [-0.15, -0.1) is 0 Å². The molecule has 0 spiro atoms. The topological polar surface area (TPSA) is 49.8 Å². The van der Waals surface area contributed by atoms with E-state index in [1.807, 2.05) is 0 Å². The molecule has 0 bridgehead atoms. The van der Waals surface area contributed by atoms with Crippen molar-refractivity contribution in [2.24, 2.45) is 5.92 Å². The minimum Gasteiger partial charge on any atom is -0.466 e. The summed E-state index contributed by atoms with van der Waals surface area (Å²) in [5.74, 6) is 0.234. The van der Waals surface area contributed by atoms with Crippen LogP contribution in [0, 0.1) is 5.92 Å². The van der Waals surface area contributed by atoms with Crippen molar-refractivity contribution in [3.63, 3.8) is 0 Å². The van der Waals surface area contributed by atoms with Gasteiger partial charge in [-0.3, -0.25) is 0 Å². The number of carbonyl (C=O) groups is 1. The molecule has 1 aliphatic rings. The summed E-state index contributed by atoms with van der Waals surface area (Å²) >= 11 is 0. The number of carbonyl (C=O) groups excluding carboxylic acids is 1. The van der Waals surface area contributed by atoms with Gasteiger partial charge in [-0.1, -0.05) is 0 Å². The van der Waals surface area contributed by atoms with Gasteiger partial charge in [0.15, 0.2) is 0 Å². The van der Waals surface area contributed by atoms with Gasteiger partial charge in [-0.25, -0.2) is 4.79 Å². The molecule has 1 unspecified atom stereocenters. The first kappa shape index (κ1) is 11.0. The summed E-state index contributed by atoms with van der Waals surface area (Å²) in [5.41, 5.74) is 0. The molecular weight excluding hydrogens is 182 g/mol. The van der Waals surface area contributed by atoms with Gasteiger partial charge in [0.05, 0.1) is 7.11 Å². The second-order valence-corrected chi connectivity index (χ2v) is 3.50. The van der Waals surface area contributed by atoms with Gasteiger partial charge in [0.25, 0.3) is 0 Å². The summed E-state index contributed by atoms with van der Waals surface area (Å²) in [4.78, 5) is 12.9. The maximum absolute atomic E-state index is 10.8. The lowest BCUT2D eigenvalue weighted by Gasteiger charge is -2.11. The van der Waals surface area contributed by atoms with E-state index in [4.69, 9.17) is 5.11 Å². The number of rotatable bonds is 4. The van der Waals surface area contributed by atoms with Crippen LogP contribution in [0.5, 0.6) is 0 Å². The Labute approximate surface area is 84.2 Å². The molecule has 1 atom stereocenters. The quantitative estimate of drug-likeness (QED) is 0.525. The fraction of sp³-hybridized carbons (Fsp3) is 0.700. The lowest BCUT2D eigenvalue weighted by atomic mass is 10.1.